The molecule has 1 saturated heterocycles. The van der Waals surface area contributed by atoms with Gasteiger partial charge in [0.05, 0.1) is 15.7 Å². The van der Waals surface area contributed by atoms with Gasteiger partial charge >= 0.3 is 0 Å². The van der Waals surface area contributed by atoms with Gasteiger partial charge in [-0.15, -0.1) is 0 Å². The number of aromatic nitrogens is 1. The quantitative estimate of drug-likeness (QED) is 0.797. The molecule has 1 aliphatic rings. The molecule has 1 aliphatic heterocycles. The molecule has 0 aliphatic carbocycles. The highest BCUT2D eigenvalue weighted by Gasteiger charge is 2.34. The van der Waals surface area contributed by atoms with Gasteiger partial charge < -0.3 is 10.4 Å². The molecular formula is C10H12Cl2N2O. The second kappa shape index (κ2) is 4.26. The van der Waals surface area contributed by atoms with Gasteiger partial charge in [-0.1, -0.05) is 23.2 Å². The summed E-state index contributed by atoms with van der Waals surface area (Å²) in [6.45, 7) is 1.55. The topological polar surface area (TPSA) is 45.2 Å². The Hall–Kier alpha value is -0.350. The molecule has 0 radical (unpaired) electrons. The summed E-state index contributed by atoms with van der Waals surface area (Å²) in [4.78, 5) is 4.13. The molecule has 82 valence electrons. The summed E-state index contributed by atoms with van der Waals surface area (Å²) in [5, 5.41) is 14.5. The highest BCUT2D eigenvalue weighted by atomic mass is 35.5. The number of piperidine rings is 1. The molecule has 3 nitrogen and oxygen atoms in total. The Bertz CT molecular complexity index is 364. The lowest BCUT2D eigenvalue weighted by atomic mass is 9.88. The zero-order chi connectivity index (χ0) is 10.9. The Kier molecular flexibility index (Phi) is 3.16. The van der Waals surface area contributed by atoms with Crippen LogP contribution in [0.5, 0.6) is 0 Å². The highest BCUT2D eigenvalue weighted by Crippen LogP contribution is 2.34. The molecule has 0 amide bonds. The van der Waals surface area contributed by atoms with Gasteiger partial charge in [0.2, 0.25) is 0 Å². The summed E-state index contributed by atoms with van der Waals surface area (Å²) >= 11 is 11.8. The second-order valence-corrected chi connectivity index (χ2v) is 4.61. The maximum Gasteiger partial charge on any atom is 0.110 e. The second-order valence-electron chi connectivity index (χ2n) is 3.77. The smallest absolute Gasteiger partial charge is 0.110 e. The number of rotatable bonds is 1. The Balaban J connectivity index is 2.35. The lowest BCUT2D eigenvalue weighted by Gasteiger charge is -2.32. The number of pyridine rings is 1. The van der Waals surface area contributed by atoms with Crippen LogP contribution in [-0.2, 0) is 5.60 Å². The van der Waals surface area contributed by atoms with Crippen molar-refractivity contribution in [3.8, 4) is 0 Å². The summed E-state index contributed by atoms with van der Waals surface area (Å²) in [6, 6.07) is 1.62. The molecule has 1 aromatic heterocycles. The van der Waals surface area contributed by atoms with Crippen LogP contribution in [0.15, 0.2) is 12.3 Å². The van der Waals surface area contributed by atoms with E-state index in [4.69, 9.17) is 23.2 Å². The number of halogens is 2. The fraction of sp³-hybridized carbons (Fsp3) is 0.500. The lowest BCUT2D eigenvalue weighted by Crippen LogP contribution is -2.40. The van der Waals surface area contributed by atoms with E-state index >= 15 is 0 Å². The van der Waals surface area contributed by atoms with E-state index < -0.39 is 5.60 Å². The van der Waals surface area contributed by atoms with Crippen LogP contribution >= 0.6 is 23.2 Å². The normalized spacial score (nSPS) is 20.2. The minimum atomic E-state index is -0.910. The number of hydrogen-bond acceptors (Lipinski definition) is 3. The molecule has 0 atom stereocenters. The van der Waals surface area contributed by atoms with Crippen LogP contribution in [0.2, 0.25) is 10.0 Å². The molecule has 0 unspecified atom stereocenters. The number of nitrogens with one attached hydrogen (secondary N) is 1. The molecule has 2 heterocycles. The maximum atomic E-state index is 10.4. The molecular weight excluding hydrogens is 235 g/mol. The van der Waals surface area contributed by atoms with Crippen molar-refractivity contribution in [3.63, 3.8) is 0 Å². The molecule has 0 aromatic carbocycles. The van der Waals surface area contributed by atoms with E-state index in [1.807, 2.05) is 0 Å². The summed E-state index contributed by atoms with van der Waals surface area (Å²) in [5.41, 5.74) is -0.373. The third kappa shape index (κ3) is 2.26. The van der Waals surface area contributed by atoms with Gasteiger partial charge in [0.1, 0.15) is 5.60 Å². The van der Waals surface area contributed by atoms with E-state index in [1.165, 1.54) is 6.20 Å². The summed E-state index contributed by atoms with van der Waals surface area (Å²) in [7, 11) is 0. The first kappa shape index (κ1) is 11.1. The van der Waals surface area contributed by atoms with Crippen molar-refractivity contribution < 1.29 is 5.11 Å². The van der Waals surface area contributed by atoms with Crippen molar-refractivity contribution >= 4 is 23.2 Å². The Morgan fingerprint density at radius 1 is 1.33 bits per heavy atom. The van der Waals surface area contributed by atoms with Crippen LogP contribution in [-0.4, -0.2) is 23.2 Å². The molecule has 1 fully saturated rings. The van der Waals surface area contributed by atoms with Crippen molar-refractivity contribution in [1.29, 1.82) is 0 Å². The van der Waals surface area contributed by atoms with Gasteiger partial charge in [-0.3, -0.25) is 4.98 Å². The SMILES string of the molecule is OC1(c2ncc(Cl)cc2Cl)CCNCC1. The van der Waals surface area contributed by atoms with Gasteiger partial charge in [-0.05, 0) is 32.0 Å². The fourth-order valence-electron chi connectivity index (χ4n) is 1.83. The molecule has 1 aromatic rings. The largest absolute Gasteiger partial charge is 0.383 e. The van der Waals surface area contributed by atoms with Crippen molar-refractivity contribution in [2.24, 2.45) is 0 Å². The summed E-state index contributed by atoms with van der Waals surface area (Å²) < 4.78 is 0. The maximum absolute atomic E-state index is 10.4. The molecule has 0 bridgehead atoms. The third-order valence-electron chi connectivity index (χ3n) is 2.68. The Morgan fingerprint density at radius 3 is 2.60 bits per heavy atom. The minimum absolute atomic E-state index is 0.437. The highest BCUT2D eigenvalue weighted by molar-refractivity contribution is 6.34. The minimum Gasteiger partial charge on any atom is -0.383 e. The van der Waals surface area contributed by atoms with Crippen molar-refractivity contribution in [2.75, 3.05) is 13.1 Å². The number of hydrogen-bond donors (Lipinski definition) is 2. The average Bonchev–Trinajstić information content (AvgIpc) is 2.18. The number of aliphatic hydroxyl groups is 1. The van der Waals surface area contributed by atoms with Gasteiger partial charge in [-0.2, -0.15) is 0 Å². The van der Waals surface area contributed by atoms with Crippen LogP contribution in [0.25, 0.3) is 0 Å². The van der Waals surface area contributed by atoms with Crippen LogP contribution in [0.4, 0.5) is 0 Å². The average molecular weight is 247 g/mol. The van der Waals surface area contributed by atoms with Crippen LogP contribution in [0, 0.1) is 0 Å². The monoisotopic (exact) mass is 246 g/mol. The van der Waals surface area contributed by atoms with Crippen molar-refractivity contribution in [1.82, 2.24) is 10.3 Å². The van der Waals surface area contributed by atoms with E-state index in [1.54, 1.807) is 6.07 Å². The van der Waals surface area contributed by atoms with Gasteiger partial charge in [0.15, 0.2) is 0 Å². The Morgan fingerprint density at radius 2 is 2.00 bits per heavy atom. The van der Waals surface area contributed by atoms with Crippen molar-refractivity contribution in [3.05, 3.63) is 28.0 Å². The fourth-order valence-corrected chi connectivity index (χ4v) is 2.39. The summed E-state index contributed by atoms with van der Waals surface area (Å²) in [6.07, 6.45) is 2.77. The van der Waals surface area contributed by atoms with Gasteiger partial charge in [-0.25, -0.2) is 0 Å². The van der Waals surface area contributed by atoms with Gasteiger partial charge in [0.25, 0.3) is 0 Å². The molecule has 0 saturated carbocycles. The predicted octanol–water partition coefficient (Wildman–Crippen LogP) is 1.96. The summed E-state index contributed by atoms with van der Waals surface area (Å²) in [5.74, 6) is 0. The zero-order valence-corrected chi connectivity index (χ0v) is 9.65. The van der Waals surface area contributed by atoms with Gasteiger partial charge in [0, 0.05) is 6.20 Å². The lowest BCUT2D eigenvalue weighted by molar-refractivity contribution is 0.00199. The molecule has 5 heteroatoms. The van der Waals surface area contributed by atoms with E-state index in [0.29, 0.717) is 28.6 Å². The van der Waals surface area contributed by atoms with Crippen molar-refractivity contribution in [2.45, 2.75) is 18.4 Å². The van der Waals surface area contributed by atoms with E-state index in [9.17, 15) is 5.11 Å². The van der Waals surface area contributed by atoms with Crippen LogP contribution < -0.4 is 5.32 Å². The molecule has 0 spiro atoms. The Labute approximate surface area is 98.4 Å². The first-order valence-electron chi connectivity index (χ1n) is 4.86. The number of nitrogens with zero attached hydrogens (tertiary/aromatic N) is 1. The molecule has 2 N–H and O–H groups in total. The van der Waals surface area contributed by atoms with E-state index in [-0.39, 0.29) is 0 Å². The first-order valence-corrected chi connectivity index (χ1v) is 5.62. The van der Waals surface area contributed by atoms with E-state index in [2.05, 4.69) is 10.3 Å². The standard InChI is InChI=1S/C10H12Cl2N2O/c11-7-5-8(12)9(14-6-7)10(15)1-3-13-4-2-10/h5-6,13,15H,1-4H2. The third-order valence-corrected chi connectivity index (χ3v) is 3.17. The first-order chi connectivity index (χ1) is 7.12. The molecule has 15 heavy (non-hydrogen) atoms. The van der Waals surface area contributed by atoms with Crippen LogP contribution in [0.1, 0.15) is 18.5 Å². The molecule has 2 rings (SSSR count). The predicted molar refractivity (Wildman–Crippen MR) is 60.3 cm³/mol. The van der Waals surface area contributed by atoms with E-state index in [0.717, 1.165) is 13.1 Å². The van der Waals surface area contributed by atoms with Crippen LogP contribution in [0.3, 0.4) is 0 Å². The zero-order valence-electron chi connectivity index (χ0n) is 8.13.